The van der Waals surface area contributed by atoms with Gasteiger partial charge in [-0.3, -0.25) is 4.79 Å². The van der Waals surface area contributed by atoms with Crippen LogP contribution in [0, 0.1) is 17.5 Å². The molecular formula is C11H4ClF3O2. The van der Waals surface area contributed by atoms with Crippen molar-refractivity contribution in [2.75, 3.05) is 0 Å². The third kappa shape index (κ3) is 1.93. The molecule has 0 fully saturated rings. The molecule has 0 radical (unpaired) electrons. The van der Waals surface area contributed by atoms with Crippen LogP contribution in [0.5, 0.6) is 0 Å². The Kier molecular flexibility index (Phi) is 2.93. The normalized spacial score (nSPS) is 10.6. The summed E-state index contributed by atoms with van der Waals surface area (Å²) in [4.78, 5) is 11.7. The lowest BCUT2D eigenvalue weighted by Crippen LogP contribution is -2.06. The van der Waals surface area contributed by atoms with Crippen LogP contribution in [0.15, 0.2) is 28.9 Å². The summed E-state index contributed by atoms with van der Waals surface area (Å²) < 4.78 is 43.6. The molecule has 88 valence electrons. The zero-order valence-electron chi connectivity index (χ0n) is 8.14. The third-order valence-corrected chi connectivity index (χ3v) is 2.44. The molecule has 0 spiro atoms. The molecule has 0 N–H and O–H groups in total. The highest BCUT2D eigenvalue weighted by Crippen LogP contribution is 2.23. The van der Waals surface area contributed by atoms with E-state index in [0.29, 0.717) is 6.07 Å². The Morgan fingerprint density at radius 1 is 1.06 bits per heavy atom. The first kappa shape index (κ1) is 11.7. The lowest BCUT2D eigenvalue weighted by molar-refractivity contribution is 0.103. The molecule has 0 aliphatic rings. The second kappa shape index (κ2) is 4.25. The zero-order valence-corrected chi connectivity index (χ0v) is 8.89. The van der Waals surface area contributed by atoms with Gasteiger partial charge in [-0.2, -0.15) is 0 Å². The molecule has 2 nitrogen and oxygen atoms in total. The van der Waals surface area contributed by atoms with Crippen molar-refractivity contribution in [3.63, 3.8) is 0 Å². The van der Waals surface area contributed by atoms with Gasteiger partial charge in [0.05, 0.1) is 17.4 Å². The van der Waals surface area contributed by atoms with Gasteiger partial charge in [0.2, 0.25) is 11.0 Å². The minimum atomic E-state index is -1.70. The van der Waals surface area contributed by atoms with E-state index in [2.05, 4.69) is 4.42 Å². The minimum Gasteiger partial charge on any atom is -0.452 e. The molecule has 0 bridgehead atoms. The standard InChI is InChI=1S/C11H4ClF3O2/c12-11-6(3-4-17-11)10(16)5-1-2-7(13)9(15)8(5)14/h1-4H. The Balaban J connectivity index is 2.53. The van der Waals surface area contributed by atoms with Crippen molar-refractivity contribution in [3.8, 4) is 0 Å². The summed E-state index contributed by atoms with van der Waals surface area (Å²) in [6.45, 7) is 0. The molecule has 0 saturated carbocycles. The van der Waals surface area contributed by atoms with Crippen LogP contribution in [0.2, 0.25) is 5.22 Å². The van der Waals surface area contributed by atoms with E-state index in [1.54, 1.807) is 0 Å². The first-order valence-electron chi connectivity index (χ1n) is 4.43. The molecule has 0 saturated heterocycles. The summed E-state index contributed by atoms with van der Waals surface area (Å²) in [7, 11) is 0. The molecular weight excluding hydrogens is 257 g/mol. The van der Waals surface area contributed by atoms with E-state index in [1.807, 2.05) is 0 Å². The highest BCUT2D eigenvalue weighted by atomic mass is 35.5. The van der Waals surface area contributed by atoms with E-state index in [-0.39, 0.29) is 10.8 Å². The van der Waals surface area contributed by atoms with Crippen LogP contribution in [-0.4, -0.2) is 5.78 Å². The zero-order chi connectivity index (χ0) is 12.6. The summed E-state index contributed by atoms with van der Waals surface area (Å²) in [5, 5.41) is -0.237. The Labute approximate surface area is 98.6 Å². The maximum Gasteiger partial charge on any atom is 0.204 e. The van der Waals surface area contributed by atoms with Crippen molar-refractivity contribution in [1.29, 1.82) is 0 Å². The quantitative estimate of drug-likeness (QED) is 0.610. The van der Waals surface area contributed by atoms with Gasteiger partial charge in [0, 0.05) is 0 Å². The van der Waals surface area contributed by atoms with Crippen LogP contribution in [0.25, 0.3) is 0 Å². The molecule has 2 rings (SSSR count). The molecule has 0 aliphatic carbocycles. The number of carbonyl (C=O) groups is 1. The molecule has 0 atom stereocenters. The van der Waals surface area contributed by atoms with Gasteiger partial charge in [-0.15, -0.1) is 0 Å². The van der Waals surface area contributed by atoms with Gasteiger partial charge in [-0.25, -0.2) is 13.2 Å². The number of furan rings is 1. The van der Waals surface area contributed by atoms with E-state index in [0.717, 1.165) is 12.3 Å². The van der Waals surface area contributed by atoms with Gasteiger partial charge in [-0.1, -0.05) is 0 Å². The molecule has 17 heavy (non-hydrogen) atoms. The number of benzene rings is 1. The highest BCUT2D eigenvalue weighted by molar-refractivity contribution is 6.33. The van der Waals surface area contributed by atoms with Gasteiger partial charge < -0.3 is 4.42 Å². The Bertz CT molecular complexity index is 592. The van der Waals surface area contributed by atoms with Crippen LogP contribution in [0.1, 0.15) is 15.9 Å². The molecule has 0 aliphatic heterocycles. The van der Waals surface area contributed by atoms with Gasteiger partial charge in [-0.05, 0) is 29.8 Å². The fourth-order valence-corrected chi connectivity index (χ4v) is 1.50. The van der Waals surface area contributed by atoms with Crippen LogP contribution in [0.3, 0.4) is 0 Å². The average molecular weight is 261 g/mol. The maximum atomic E-state index is 13.3. The second-order valence-electron chi connectivity index (χ2n) is 3.16. The van der Waals surface area contributed by atoms with E-state index in [9.17, 15) is 18.0 Å². The fraction of sp³-hybridized carbons (Fsp3) is 0. The van der Waals surface area contributed by atoms with Crippen molar-refractivity contribution < 1.29 is 22.4 Å². The number of halogens is 4. The molecule has 2 aromatic rings. The van der Waals surface area contributed by atoms with Gasteiger partial charge >= 0.3 is 0 Å². The molecule has 6 heteroatoms. The predicted molar refractivity (Wildman–Crippen MR) is 53.5 cm³/mol. The number of carbonyl (C=O) groups excluding carboxylic acids is 1. The van der Waals surface area contributed by atoms with E-state index >= 15 is 0 Å². The summed E-state index contributed by atoms with van der Waals surface area (Å²) in [6.07, 6.45) is 1.13. The van der Waals surface area contributed by atoms with Crippen molar-refractivity contribution >= 4 is 17.4 Å². The smallest absolute Gasteiger partial charge is 0.204 e. The number of hydrogen-bond acceptors (Lipinski definition) is 2. The van der Waals surface area contributed by atoms with Crippen LogP contribution >= 0.6 is 11.6 Å². The molecule has 1 aromatic carbocycles. The van der Waals surface area contributed by atoms with Crippen molar-refractivity contribution in [2.45, 2.75) is 0 Å². The minimum absolute atomic E-state index is 0.114. The SMILES string of the molecule is O=C(c1ccoc1Cl)c1ccc(F)c(F)c1F. The number of ketones is 1. The van der Waals surface area contributed by atoms with E-state index in [1.165, 1.54) is 6.07 Å². The first-order chi connectivity index (χ1) is 8.02. The maximum absolute atomic E-state index is 13.3. The average Bonchev–Trinajstić information content (AvgIpc) is 2.72. The Morgan fingerprint density at radius 2 is 1.76 bits per heavy atom. The predicted octanol–water partition coefficient (Wildman–Crippen LogP) is 3.58. The summed E-state index contributed by atoms with van der Waals surface area (Å²) in [5.74, 6) is -5.49. The Morgan fingerprint density at radius 3 is 2.35 bits per heavy atom. The highest BCUT2D eigenvalue weighted by Gasteiger charge is 2.22. The molecule has 0 amide bonds. The van der Waals surface area contributed by atoms with Crippen molar-refractivity contribution in [3.05, 3.63) is 58.3 Å². The monoisotopic (exact) mass is 260 g/mol. The fourth-order valence-electron chi connectivity index (χ4n) is 1.30. The summed E-state index contributed by atoms with van der Waals surface area (Å²) in [6, 6.07) is 2.73. The number of rotatable bonds is 2. The first-order valence-corrected chi connectivity index (χ1v) is 4.81. The van der Waals surface area contributed by atoms with Crippen molar-refractivity contribution in [1.82, 2.24) is 0 Å². The van der Waals surface area contributed by atoms with Crippen molar-refractivity contribution in [2.24, 2.45) is 0 Å². The van der Waals surface area contributed by atoms with Gasteiger partial charge in [0.1, 0.15) is 0 Å². The summed E-state index contributed by atoms with van der Waals surface area (Å²) in [5.41, 5.74) is -0.719. The summed E-state index contributed by atoms with van der Waals surface area (Å²) >= 11 is 5.53. The van der Waals surface area contributed by atoms with Crippen LogP contribution in [0.4, 0.5) is 13.2 Å². The molecule has 1 aromatic heterocycles. The third-order valence-electron chi connectivity index (χ3n) is 2.14. The lowest BCUT2D eigenvalue weighted by atomic mass is 10.1. The molecule has 0 unspecified atom stereocenters. The Hall–Kier alpha value is -1.75. The second-order valence-corrected chi connectivity index (χ2v) is 3.50. The lowest BCUT2D eigenvalue weighted by Gasteiger charge is -2.02. The topological polar surface area (TPSA) is 30.2 Å². The van der Waals surface area contributed by atoms with Crippen LogP contribution < -0.4 is 0 Å². The van der Waals surface area contributed by atoms with E-state index < -0.39 is 28.8 Å². The van der Waals surface area contributed by atoms with E-state index in [4.69, 9.17) is 11.6 Å². The van der Waals surface area contributed by atoms with Crippen LogP contribution in [-0.2, 0) is 0 Å². The van der Waals surface area contributed by atoms with Gasteiger partial charge in [0.15, 0.2) is 17.5 Å². The van der Waals surface area contributed by atoms with Gasteiger partial charge in [0.25, 0.3) is 0 Å². The number of hydrogen-bond donors (Lipinski definition) is 0. The molecule has 1 heterocycles. The largest absolute Gasteiger partial charge is 0.452 e.